The zero-order valence-electron chi connectivity index (χ0n) is 16.7. The van der Waals surface area contributed by atoms with Crippen molar-refractivity contribution < 1.29 is 17.9 Å². The number of nitrogens with two attached hydrogens (primary N) is 1. The molecule has 1 atom stereocenters. The van der Waals surface area contributed by atoms with Crippen LogP contribution in [0.1, 0.15) is 0 Å². The molecule has 1 fully saturated rings. The molecule has 3 aromatic heterocycles. The molecule has 10 heteroatoms. The van der Waals surface area contributed by atoms with Gasteiger partial charge in [-0.2, -0.15) is 0 Å². The number of nitrogens with zero attached hydrogens (tertiary/aromatic N) is 4. The number of nitrogens with one attached hydrogen (secondary N) is 1. The summed E-state index contributed by atoms with van der Waals surface area (Å²) < 4.78 is 37.3. The monoisotopic (exact) mass is 426 g/mol. The van der Waals surface area contributed by atoms with E-state index < -0.39 is 12.5 Å². The van der Waals surface area contributed by atoms with E-state index in [9.17, 15) is 8.78 Å². The number of morpholine rings is 1. The normalized spacial score (nSPS) is 17.0. The van der Waals surface area contributed by atoms with Crippen LogP contribution < -0.4 is 16.0 Å². The molecule has 1 aliphatic heterocycles. The molecule has 1 aliphatic rings. The molecule has 31 heavy (non-hydrogen) atoms. The van der Waals surface area contributed by atoms with E-state index in [2.05, 4.69) is 20.3 Å². The van der Waals surface area contributed by atoms with Gasteiger partial charge in [-0.1, -0.05) is 0 Å². The van der Waals surface area contributed by atoms with Crippen molar-refractivity contribution in [2.75, 3.05) is 42.7 Å². The fourth-order valence-corrected chi connectivity index (χ4v) is 3.81. The van der Waals surface area contributed by atoms with Gasteiger partial charge in [-0.25, -0.2) is 23.7 Å². The molecule has 0 radical (unpaired) electrons. The maximum Gasteiger partial charge on any atom is 0.266 e. The van der Waals surface area contributed by atoms with E-state index in [1.54, 1.807) is 31.6 Å². The number of alkyl halides is 2. The fourth-order valence-electron chi connectivity index (χ4n) is 3.81. The number of fused-ring (bicyclic) bond motifs is 2. The summed E-state index contributed by atoms with van der Waals surface area (Å²) in [4.78, 5) is 15.1. The molecular formula is C21H20F2N6O2. The molecule has 5 rings (SSSR count). The molecule has 0 amide bonds. The van der Waals surface area contributed by atoms with Crippen molar-refractivity contribution in [2.24, 2.45) is 0 Å². The SMILES string of the molecule is CNc1ncc(-c2nc3cc(N4CCOC(C(F)F)C4)ccc3o2)c2cc(N)ncc12. The van der Waals surface area contributed by atoms with Crippen LogP contribution >= 0.6 is 0 Å². The number of hydrogen-bond acceptors (Lipinski definition) is 8. The fraction of sp³-hybridized carbons (Fsp3) is 0.286. The van der Waals surface area contributed by atoms with Gasteiger partial charge in [-0.3, -0.25) is 0 Å². The average molecular weight is 426 g/mol. The summed E-state index contributed by atoms with van der Waals surface area (Å²) in [5.41, 5.74) is 8.59. The highest BCUT2D eigenvalue weighted by atomic mass is 19.3. The lowest BCUT2D eigenvalue weighted by Crippen LogP contribution is -2.45. The standard InChI is InChI=1S/C21H20F2N6O2/c1-25-20-13-8-26-18(24)7-12(13)14(9-27-20)21-28-15-6-11(2-3-16(15)31-21)29-4-5-30-17(10-29)19(22)23/h2-3,6-9,17,19H,4-5,10H2,1H3,(H2,24,26)(H,25,27). The average Bonchev–Trinajstić information content (AvgIpc) is 3.21. The van der Waals surface area contributed by atoms with E-state index in [1.807, 2.05) is 17.0 Å². The summed E-state index contributed by atoms with van der Waals surface area (Å²) in [6, 6.07) is 7.23. The molecule has 4 aromatic rings. The van der Waals surface area contributed by atoms with Crippen LogP contribution in [-0.4, -0.2) is 54.2 Å². The molecule has 1 saturated heterocycles. The minimum atomic E-state index is -2.52. The second-order valence-corrected chi connectivity index (χ2v) is 7.29. The number of benzene rings is 1. The number of aromatic nitrogens is 3. The summed E-state index contributed by atoms with van der Waals surface area (Å²) in [7, 11) is 1.78. The van der Waals surface area contributed by atoms with Crippen molar-refractivity contribution in [3.05, 3.63) is 36.7 Å². The van der Waals surface area contributed by atoms with E-state index in [-0.39, 0.29) is 13.2 Å². The molecule has 0 bridgehead atoms. The zero-order chi connectivity index (χ0) is 21.5. The van der Waals surface area contributed by atoms with Crippen LogP contribution in [0.4, 0.5) is 26.1 Å². The van der Waals surface area contributed by atoms with Crippen molar-refractivity contribution in [1.82, 2.24) is 15.0 Å². The van der Waals surface area contributed by atoms with Gasteiger partial charge in [0.1, 0.15) is 23.3 Å². The van der Waals surface area contributed by atoms with Crippen LogP contribution in [0.2, 0.25) is 0 Å². The first kappa shape index (κ1) is 19.4. The van der Waals surface area contributed by atoms with Crippen molar-refractivity contribution in [3.63, 3.8) is 0 Å². The lowest BCUT2D eigenvalue weighted by atomic mass is 10.1. The minimum absolute atomic E-state index is 0.125. The summed E-state index contributed by atoms with van der Waals surface area (Å²) in [5.74, 6) is 1.44. The molecule has 0 spiro atoms. The Labute approximate surface area is 176 Å². The van der Waals surface area contributed by atoms with Gasteiger partial charge in [-0.05, 0) is 24.3 Å². The summed E-state index contributed by atoms with van der Waals surface area (Å²) in [6.45, 7) is 0.911. The molecule has 0 aliphatic carbocycles. The minimum Gasteiger partial charge on any atom is -0.436 e. The number of anilines is 3. The highest BCUT2D eigenvalue weighted by Crippen LogP contribution is 2.34. The maximum atomic E-state index is 13.1. The lowest BCUT2D eigenvalue weighted by molar-refractivity contribution is -0.0614. The number of hydrogen-bond donors (Lipinski definition) is 2. The Balaban J connectivity index is 1.55. The van der Waals surface area contributed by atoms with Gasteiger partial charge in [0.2, 0.25) is 5.89 Å². The third-order valence-electron chi connectivity index (χ3n) is 5.37. The molecule has 4 heterocycles. The van der Waals surface area contributed by atoms with Gasteiger partial charge in [-0.15, -0.1) is 0 Å². The Bertz CT molecular complexity index is 1260. The Morgan fingerprint density at radius 3 is 2.87 bits per heavy atom. The van der Waals surface area contributed by atoms with Crippen LogP contribution in [-0.2, 0) is 4.74 Å². The van der Waals surface area contributed by atoms with Crippen LogP contribution in [0.3, 0.4) is 0 Å². The largest absolute Gasteiger partial charge is 0.436 e. The zero-order valence-corrected chi connectivity index (χ0v) is 16.7. The molecule has 1 aromatic carbocycles. The lowest BCUT2D eigenvalue weighted by Gasteiger charge is -2.34. The van der Waals surface area contributed by atoms with Gasteiger partial charge in [0.25, 0.3) is 6.43 Å². The number of halogens is 2. The molecule has 8 nitrogen and oxygen atoms in total. The van der Waals surface area contributed by atoms with Gasteiger partial charge in [0.05, 0.1) is 12.2 Å². The van der Waals surface area contributed by atoms with Crippen LogP contribution in [0.25, 0.3) is 33.3 Å². The topological polar surface area (TPSA) is 102 Å². The third kappa shape index (κ3) is 3.48. The number of ether oxygens (including phenoxy) is 1. The summed E-state index contributed by atoms with van der Waals surface area (Å²) in [6.07, 6.45) is -0.284. The van der Waals surface area contributed by atoms with Crippen LogP contribution in [0.15, 0.2) is 41.1 Å². The maximum absolute atomic E-state index is 13.1. The first-order chi connectivity index (χ1) is 15.0. The Morgan fingerprint density at radius 2 is 2.06 bits per heavy atom. The first-order valence-corrected chi connectivity index (χ1v) is 9.81. The highest BCUT2D eigenvalue weighted by molar-refractivity contribution is 6.01. The predicted octanol–water partition coefficient (Wildman–Crippen LogP) is 3.53. The van der Waals surface area contributed by atoms with Crippen molar-refractivity contribution in [3.8, 4) is 11.5 Å². The van der Waals surface area contributed by atoms with E-state index in [1.165, 1.54) is 0 Å². The van der Waals surface area contributed by atoms with E-state index >= 15 is 0 Å². The molecule has 1 unspecified atom stereocenters. The van der Waals surface area contributed by atoms with Gasteiger partial charge < -0.3 is 25.1 Å². The third-order valence-corrected chi connectivity index (χ3v) is 5.37. The number of rotatable bonds is 4. The van der Waals surface area contributed by atoms with Crippen LogP contribution in [0.5, 0.6) is 0 Å². The highest BCUT2D eigenvalue weighted by Gasteiger charge is 2.28. The van der Waals surface area contributed by atoms with Crippen LogP contribution in [0, 0.1) is 0 Å². The number of pyridine rings is 2. The molecule has 160 valence electrons. The molecule has 0 saturated carbocycles. The van der Waals surface area contributed by atoms with Gasteiger partial charge in [0, 0.05) is 49.0 Å². The number of oxazole rings is 1. The van der Waals surface area contributed by atoms with E-state index in [0.29, 0.717) is 40.7 Å². The molecule has 3 N–H and O–H groups in total. The first-order valence-electron chi connectivity index (χ1n) is 9.81. The Hall–Kier alpha value is -3.53. The van der Waals surface area contributed by atoms with Crippen molar-refractivity contribution in [2.45, 2.75) is 12.5 Å². The molecular weight excluding hydrogens is 406 g/mol. The second-order valence-electron chi connectivity index (χ2n) is 7.29. The van der Waals surface area contributed by atoms with Crippen molar-refractivity contribution in [1.29, 1.82) is 0 Å². The van der Waals surface area contributed by atoms with Gasteiger partial charge >= 0.3 is 0 Å². The van der Waals surface area contributed by atoms with Crippen molar-refractivity contribution >= 4 is 39.2 Å². The smallest absolute Gasteiger partial charge is 0.266 e. The number of nitrogen functional groups attached to an aromatic ring is 1. The summed E-state index contributed by atoms with van der Waals surface area (Å²) in [5, 5.41) is 4.64. The predicted molar refractivity (Wildman–Crippen MR) is 114 cm³/mol. The Kier molecular flexibility index (Phi) is 4.78. The Morgan fingerprint density at radius 1 is 1.19 bits per heavy atom. The van der Waals surface area contributed by atoms with Gasteiger partial charge in [0.15, 0.2) is 5.58 Å². The quantitative estimate of drug-likeness (QED) is 0.511. The summed E-state index contributed by atoms with van der Waals surface area (Å²) >= 11 is 0. The van der Waals surface area contributed by atoms with E-state index in [4.69, 9.17) is 14.9 Å². The van der Waals surface area contributed by atoms with E-state index in [0.717, 1.165) is 16.5 Å². The second kappa shape index (κ2) is 7.62.